The molecule has 0 atom stereocenters. The van der Waals surface area contributed by atoms with Gasteiger partial charge in [0, 0.05) is 66.4 Å². The molecule has 0 spiro atoms. The second-order valence-corrected chi connectivity index (χ2v) is 17.7. The standard InChI is InChI=1S/C64H42N4/c1-5-21-47(22-6-1)65(55-37-39-59-63-53(55)35-33-43-17-15-31-57(61(43)63)67(59)49-25-9-3-10-26-49)51-29-13-19-45(41-51)46-20-14-30-52(42-46)66(48-23-7-2-8-24-48)56-38-40-60-64-54(56)36-34-44-18-16-32-58(62(44)64)68(60)50-27-11-4-12-28-50/h1-42H. The molecule has 0 aliphatic heterocycles. The van der Waals surface area contributed by atoms with Crippen LogP contribution < -0.4 is 9.80 Å². The van der Waals surface area contributed by atoms with Gasteiger partial charge in [0.1, 0.15) is 0 Å². The Morgan fingerprint density at radius 3 is 1.04 bits per heavy atom. The Hall–Kier alpha value is -9.12. The molecule has 0 N–H and O–H groups in total. The van der Waals surface area contributed by atoms with E-state index in [1.807, 2.05) is 0 Å². The average Bonchev–Trinajstić information content (AvgIpc) is 3.94. The van der Waals surface area contributed by atoms with Crippen molar-refractivity contribution in [3.63, 3.8) is 0 Å². The van der Waals surface area contributed by atoms with Crippen molar-refractivity contribution in [2.75, 3.05) is 9.80 Å². The van der Waals surface area contributed by atoms with E-state index in [0.29, 0.717) is 0 Å². The Kier molecular flexibility index (Phi) is 8.55. The van der Waals surface area contributed by atoms with E-state index in [1.54, 1.807) is 0 Å². The van der Waals surface area contributed by atoms with Gasteiger partial charge in [-0.1, -0.05) is 146 Å². The summed E-state index contributed by atoms with van der Waals surface area (Å²) >= 11 is 0. The third kappa shape index (κ3) is 5.81. The zero-order chi connectivity index (χ0) is 44.7. The van der Waals surface area contributed by atoms with Gasteiger partial charge in [-0.2, -0.15) is 0 Å². The molecule has 318 valence electrons. The van der Waals surface area contributed by atoms with Crippen molar-refractivity contribution in [2.45, 2.75) is 0 Å². The minimum Gasteiger partial charge on any atom is -0.310 e. The Morgan fingerprint density at radius 1 is 0.250 bits per heavy atom. The first-order valence-electron chi connectivity index (χ1n) is 23.3. The zero-order valence-electron chi connectivity index (χ0n) is 37.0. The molecule has 0 unspecified atom stereocenters. The molecule has 0 saturated heterocycles. The average molecular weight is 867 g/mol. The van der Waals surface area contributed by atoms with E-state index in [0.717, 1.165) is 56.6 Å². The predicted octanol–water partition coefficient (Wildman–Crippen LogP) is 17.7. The molecule has 14 rings (SSSR count). The van der Waals surface area contributed by atoms with Crippen molar-refractivity contribution in [3.8, 4) is 22.5 Å². The molecule has 0 amide bonds. The van der Waals surface area contributed by atoms with Crippen LogP contribution in [0.5, 0.6) is 0 Å². The monoisotopic (exact) mass is 866 g/mol. The Balaban J connectivity index is 0.925. The summed E-state index contributed by atoms with van der Waals surface area (Å²) in [4.78, 5) is 4.85. The summed E-state index contributed by atoms with van der Waals surface area (Å²) < 4.78 is 4.83. The molecular formula is C64H42N4. The number of benzene rings is 12. The number of hydrogen-bond donors (Lipinski definition) is 0. The van der Waals surface area contributed by atoms with Gasteiger partial charge in [-0.05, 0) is 131 Å². The highest BCUT2D eigenvalue weighted by Gasteiger charge is 2.25. The second kappa shape index (κ2) is 15.2. The van der Waals surface area contributed by atoms with Crippen LogP contribution in [0.3, 0.4) is 0 Å². The quantitative estimate of drug-likeness (QED) is 0.134. The largest absolute Gasteiger partial charge is 0.310 e. The third-order valence-corrected chi connectivity index (χ3v) is 14.0. The maximum atomic E-state index is 2.43. The highest BCUT2D eigenvalue weighted by Crippen LogP contribution is 2.48. The lowest BCUT2D eigenvalue weighted by Crippen LogP contribution is -2.11. The predicted molar refractivity (Wildman–Crippen MR) is 287 cm³/mol. The van der Waals surface area contributed by atoms with Crippen molar-refractivity contribution >= 4 is 99.3 Å². The molecule has 0 radical (unpaired) electrons. The fourth-order valence-electron chi connectivity index (χ4n) is 11.1. The van der Waals surface area contributed by atoms with Crippen molar-refractivity contribution in [3.05, 3.63) is 255 Å². The smallest absolute Gasteiger partial charge is 0.0548 e. The van der Waals surface area contributed by atoms with Gasteiger partial charge >= 0.3 is 0 Å². The van der Waals surface area contributed by atoms with Crippen LogP contribution in [0.2, 0.25) is 0 Å². The van der Waals surface area contributed by atoms with Gasteiger partial charge in [0.05, 0.1) is 33.4 Å². The van der Waals surface area contributed by atoms with E-state index in [1.165, 1.54) is 65.2 Å². The van der Waals surface area contributed by atoms with Crippen LogP contribution in [-0.2, 0) is 0 Å². The molecule has 2 heterocycles. The van der Waals surface area contributed by atoms with E-state index < -0.39 is 0 Å². The molecule has 0 saturated carbocycles. The van der Waals surface area contributed by atoms with Gasteiger partial charge in [-0.25, -0.2) is 0 Å². The van der Waals surface area contributed by atoms with Crippen molar-refractivity contribution in [1.29, 1.82) is 0 Å². The van der Waals surface area contributed by atoms with E-state index in [-0.39, 0.29) is 0 Å². The van der Waals surface area contributed by atoms with E-state index in [4.69, 9.17) is 0 Å². The lowest BCUT2D eigenvalue weighted by molar-refractivity contribution is 1.18. The van der Waals surface area contributed by atoms with Crippen LogP contribution in [0.25, 0.3) is 87.7 Å². The van der Waals surface area contributed by atoms with Crippen LogP contribution in [0.4, 0.5) is 34.1 Å². The number of para-hydroxylation sites is 4. The van der Waals surface area contributed by atoms with Crippen LogP contribution in [0.1, 0.15) is 0 Å². The molecule has 0 aliphatic rings. The SMILES string of the molecule is c1ccc(N(c2cccc(-c3cccc(N(c4ccccc4)c4ccc5c6c4ccc4cccc(c46)n5-c4ccccc4)c3)c2)c2ccc3c4c2ccc2cccc(c24)n3-c2ccccc2)cc1. The summed E-state index contributed by atoms with van der Waals surface area (Å²) in [5, 5.41) is 10.0. The molecule has 2 aromatic heterocycles. The highest BCUT2D eigenvalue weighted by atomic mass is 15.2. The summed E-state index contributed by atoms with van der Waals surface area (Å²) in [6.07, 6.45) is 0. The van der Waals surface area contributed by atoms with Crippen LogP contribution >= 0.6 is 0 Å². The van der Waals surface area contributed by atoms with Gasteiger partial charge < -0.3 is 18.9 Å². The Bertz CT molecular complexity index is 3860. The third-order valence-electron chi connectivity index (χ3n) is 14.0. The Morgan fingerprint density at radius 2 is 0.618 bits per heavy atom. The van der Waals surface area contributed by atoms with E-state index >= 15 is 0 Å². The fourth-order valence-corrected chi connectivity index (χ4v) is 11.1. The van der Waals surface area contributed by atoms with Crippen LogP contribution in [-0.4, -0.2) is 9.13 Å². The first-order chi connectivity index (χ1) is 33.8. The highest BCUT2D eigenvalue weighted by molar-refractivity contribution is 6.28. The van der Waals surface area contributed by atoms with E-state index in [9.17, 15) is 0 Å². The first-order valence-corrected chi connectivity index (χ1v) is 23.3. The lowest BCUT2D eigenvalue weighted by Gasteiger charge is -2.28. The summed E-state index contributed by atoms with van der Waals surface area (Å²) in [5.41, 5.74) is 16.1. The maximum absolute atomic E-state index is 2.43. The minimum absolute atomic E-state index is 1.09. The maximum Gasteiger partial charge on any atom is 0.0548 e. The number of anilines is 6. The molecular weight excluding hydrogens is 825 g/mol. The molecule has 68 heavy (non-hydrogen) atoms. The summed E-state index contributed by atoms with van der Waals surface area (Å²) in [5.74, 6) is 0. The van der Waals surface area contributed by atoms with Crippen LogP contribution in [0.15, 0.2) is 255 Å². The van der Waals surface area contributed by atoms with Crippen molar-refractivity contribution in [2.24, 2.45) is 0 Å². The second-order valence-electron chi connectivity index (χ2n) is 17.7. The lowest BCUT2D eigenvalue weighted by atomic mass is 9.98. The number of nitrogens with zero attached hydrogens (tertiary/aromatic N) is 4. The van der Waals surface area contributed by atoms with Crippen molar-refractivity contribution < 1.29 is 0 Å². The van der Waals surface area contributed by atoms with E-state index in [2.05, 4.69) is 274 Å². The fraction of sp³-hybridized carbons (Fsp3) is 0. The number of hydrogen-bond acceptors (Lipinski definition) is 2. The van der Waals surface area contributed by atoms with Crippen molar-refractivity contribution in [1.82, 2.24) is 9.13 Å². The summed E-state index contributed by atoms with van der Waals surface area (Å²) in [6, 6.07) is 92.9. The summed E-state index contributed by atoms with van der Waals surface area (Å²) in [6.45, 7) is 0. The Labute approximate surface area is 393 Å². The minimum atomic E-state index is 1.09. The topological polar surface area (TPSA) is 16.3 Å². The molecule has 14 aromatic rings. The molecule has 4 nitrogen and oxygen atoms in total. The molecule has 4 heteroatoms. The molecule has 0 bridgehead atoms. The molecule has 0 aliphatic carbocycles. The zero-order valence-corrected chi connectivity index (χ0v) is 37.0. The molecule has 0 fully saturated rings. The van der Waals surface area contributed by atoms with Gasteiger partial charge in [0.15, 0.2) is 0 Å². The first kappa shape index (κ1) is 38.2. The van der Waals surface area contributed by atoms with Gasteiger partial charge in [0.2, 0.25) is 0 Å². The number of rotatable bonds is 9. The number of aromatic nitrogens is 2. The molecule has 12 aromatic carbocycles. The van der Waals surface area contributed by atoms with Gasteiger partial charge in [-0.15, -0.1) is 0 Å². The normalized spacial score (nSPS) is 11.8. The van der Waals surface area contributed by atoms with Gasteiger partial charge in [0.25, 0.3) is 0 Å². The van der Waals surface area contributed by atoms with Gasteiger partial charge in [-0.3, -0.25) is 0 Å². The van der Waals surface area contributed by atoms with Crippen LogP contribution in [0, 0.1) is 0 Å². The summed E-state index contributed by atoms with van der Waals surface area (Å²) in [7, 11) is 0.